The van der Waals surface area contributed by atoms with E-state index in [1.165, 1.54) is 0 Å². The standard InChI is InChI=1S/C15H20N4O2/c1-3-20-14-8-12(15(16)17)4-5-13(14)21-7-6-11-9-18-19(2)10-11/h4-5,8-10H,3,6-7H2,1-2H3,(H3,16,17). The van der Waals surface area contributed by atoms with Crippen LogP contribution in [0.25, 0.3) is 0 Å². The lowest BCUT2D eigenvalue weighted by Crippen LogP contribution is -2.11. The zero-order chi connectivity index (χ0) is 15.2. The molecule has 0 atom stereocenters. The molecule has 0 aliphatic carbocycles. The second kappa shape index (κ2) is 6.78. The number of nitrogens with two attached hydrogens (primary N) is 1. The molecule has 6 nitrogen and oxygen atoms in total. The van der Waals surface area contributed by atoms with Crippen LogP contribution in [-0.4, -0.2) is 28.8 Å². The van der Waals surface area contributed by atoms with Crippen LogP contribution in [0, 0.1) is 5.41 Å². The van der Waals surface area contributed by atoms with Crippen molar-refractivity contribution in [3.8, 4) is 11.5 Å². The second-order valence-corrected chi connectivity index (χ2v) is 4.63. The second-order valence-electron chi connectivity index (χ2n) is 4.63. The SMILES string of the molecule is CCOc1cc(C(=N)N)ccc1OCCc1cnn(C)c1. The molecule has 2 rings (SSSR count). The lowest BCUT2D eigenvalue weighted by molar-refractivity contribution is 0.279. The van der Waals surface area contributed by atoms with Gasteiger partial charge in [0, 0.05) is 25.2 Å². The Balaban J connectivity index is 2.02. The molecule has 0 aliphatic rings. The highest BCUT2D eigenvalue weighted by Gasteiger charge is 2.08. The Bertz CT molecular complexity index is 622. The molecule has 3 N–H and O–H groups in total. The first-order valence-electron chi connectivity index (χ1n) is 6.81. The maximum Gasteiger partial charge on any atom is 0.161 e. The molecule has 1 aromatic heterocycles. The highest BCUT2D eigenvalue weighted by molar-refractivity contribution is 5.95. The molecular formula is C15H20N4O2. The quantitative estimate of drug-likeness (QED) is 0.600. The molecule has 0 aliphatic heterocycles. The summed E-state index contributed by atoms with van der Waals surface area (Å²) in [5.41, 5.74) is 7.23. The first-order chi connectivity index (χ1) is 10.1. The van der Waals surface area contributed by atoms with Gasteiger partial charge in [0.15, 0.2) is 11.5 Å². The Morgan fingerprint density at radius 2 is 2.14 bits per heavy atom. The molecule has 0 bridgehead atoms. The number of nitrogen functional groups attached to an aromatic ring is 1. The highest BCUT2D eigenvalue weighted by Crippen LogP contribution is 2.28. The van der Waals surface area contributed by atoms with Gasteiger partial charge >= 0.3 is 0 Å². The molecule has 6 heteroatoms. The monoisotopic (exact) mass is 288 g/mol. The fraction of sp³-hybridized carbons (Fsp3) is 0.333. The fourth-order valence-corrected chi connectivity index (χ4v) is 1.94. The zero-order valence-electron chi connectivity index (χ0n) is 12.3. The topological polar surface area (TPSA) is 86.2 Å². The number of nitrogens with zero attached hydrogens (tertiary/aromatic N) is 2. The molecule has 21 heavy (non-hydrogen) atoms. The Hall–Kier alpha value is -2.50. The third-order valence-corrected chi connectivity index (χ3v) is 2.96. The van der Waals surface area contributed by atoms with Gasteiger partial charge in [0.1, 0.15) is 5.84 Å². The predicted molar refractivity (Wildman–Crippen MR) is 81.0 cm³/mol. The number of amidine groups is 1. The van der Waals surface area contributed by atoms with E-state index in [-0.39, 0.29) is 5.84 Å². The van der Waals surface area contributed by atoms with Crippen molar-refractivity contribution in [2.24, 2.45) is 12.8 Å². The minimum Gasteiger partial charge on any atom is -0.490 e. The normalized spacial score (nSPS) is 10.4. The van der Waals surface area contributed by atoms with Gasteiger partial charge < -0.3 is 15.2 Å². The van der Waals surface area contributed by atoms with Crippen LogP contribution in [0.2, 0.25) is 0 Å². The number of rotatable bonds is 7. The minimum atomic E-state index is 0.0119. The summed E-state index contributed by atoms with van der Waals surface area (Å²) in [4.78, 5) is 0. The van der Waals surface area contributed by atoms with Gasteiger partial charge in [-0.1, -0.05) is 0 Å². The van der Waals surface area contributed by atoms with Gasteiger partial charge in [-0.2, -0.15) is 5.10 Å². The summed E-state index contributed by atoms with van der Waals surface area (Å²) in [6, 6.07) is 5.26. The number of ether oxygens (including phenoxy) is 2. The Kier molecular flexibility index (Phi) is 4.81. The van der Waals surface area contributed by atoms with E-state index in [2.05, 4.69) is 5.10 Å². The maximum atomic E-state index is 7.46. The Morgan fingerprint density at radius 1 is 1.33 bits per heavy atom. The predicted octanol–water partition coefficient (Wildman–Crippen LogP) is 1.72. The molecule has 1 aromatic carbocycles. The average Bonchev–Trinajstić information content (AvgIpc) is 2.86. The molecule has 0 fully saturated rings. The summed E-state index contributed by atoms with van der Waals surface area (Å²) in [5.74, 6) is 1.28. The van der Waals surface area contributed by atoms with E-state index < -0.39 is 0 Å². The average molecular weight is 288 g/mol. The van der Waals surface area contributed by atoms with Crippen LogP contribution in [0.1, 0.15) is 18.1 Å². The van der Waals surface area contributed by atoms with E-state index in [0.717, 1.165) is 12.0 Å². The van der Waals surface area contributed by atoms with Crippen LogP contribution in [-0.2, 0) is 13.5 Å². The van der Waals surface area contributed by atoms with Crippen molar-refractivity contribution >= 4 is 5.84 Å². The smallest absolute Gasteiger partial charge is 0.161 e. The molecule has 0 saturated carbocycles. The van der Waals surface area contributed by atoms with E-state index in [4.69, 9.17) is 20.6 Å². The molecule has 0 saturated heterocycles. The van der Waals surface area contributed by atoms with Crippen molar-refractivity contribution in [1.29, 1.82) is 5.41 Å². The molecule has 0 radical (unpaired) electrons. The number of nitrogens with one attached hydrogen (secondary N) is 1. The third-order valence-electron chi connectivity index (χ3n) is 2.96. The molecular weight excluding hydrogens is 268 g/mol. The molecule has 1 heterocycles. The van der Waals surface area contributed by atoms with Gasteiger partial charge in [-0.05, 0) is 30.7 Å². The van der Waals surface area contributed by atoms with E-state index in [9.17, 15) is 0 Å². The molecule has 112 valence electrons. The van der Waals surface area contributed by atoms with Crippen LogP contribution < -0.4 is 15.2 Å². The third kappa shape index (κ3) is 3.98. The van der Waals surface area contributed by atoms with E-state index >= 15 is 0 Å². The van der Waals surface area contributed by atoms with Crippen LogP contribution in [0.15, 0.2) is 30.6 Å². The minimum absolute atomic E-state index is 0.0119. The molecule has 0 spiro atoms. The summed E-state index contributed by atoms with van der Waals surface area (Å²) in [5, 5.41) is 11.6. The van der Waals surface area contributed by atoms with E-state index in [1.807, 2.05) is 26.4 Å². The van der Waals surface area contributed by atoms with Crippen molar-refractivity contribution in [2.75, 3.05) is 13.2 Å². The summed E-state index contributed by atoms with van der Waals surface area (Å²) >= 11 is 0. The van der Waals surface area contributed by atoms with Gasteiger partial charge in [-0.3, -0.25) is 10.1 Å². The van der Waals surface area contributed by atoms with Gasteiger partial charge in [0.25, 0.3) is 0 Å². The van der Waals surface area contributed by atoms with E-state index in [1.54, 1.807) is 22.9 Å². The Morgan fingerprint density at radius 3 is 2.76 bits per heavy atom. The molecule has 2 aromatic rings. The van der Waals surface area contributed by atoms with Crippen molar-refractivity contribution in [3.05, 3.63) is 41.7 Å². The van der Waals surface area contributed by atoms with E-state index in [0.29, 0.717) is 30.3 Å². The maximum absolute atomic E-state index is 7.46. The van der Waals surface area contributed by atoms with Crippen molar-refractivity contribution in [1.82, 2.24) is 9.78 Å². The van der Waals surface area contributed by atoms with Crippen LogP contribution in [0.5, 0.6) is 11.5 Å². The summed E-state index contributed by atoms with van der Waals surface area (Å²) in [6.07, 6.45) is 4.56. The van der Waals surface area contributed by atoms with Crippen LogP contribution >= 0.6 is 0 Å². The summed E-state index contributed by atoms with van der Waals surface area (Å²) in [6.45, 7) is 2.96. The Labute approximate surface area is 124 Å². The number of hydrogen-bond donors (Lipinski definition) is 2. The number of hydrogen-bond acceptors (Lipinski definition) is 4. The molecule has 0 unspecified atom stereocenters. The number of benzene rings is 1. The fourth-order valence-electron chi connectivity index (χ4n) is 1.94. The van der Waals surface area contributed by atoms with Crippen molar-refractivity contribution < 1.29 is 9.47 Å². The number of aryl methyl sites for hydroxylation is 1. The van der Waals surface area contributed by atoms with Crippen LogP contribution in [0.3, 0.4) is 0 Å². The molecule has 0 amide bonds. The number of aromatic nitrogens is 2. The lowest BCUT2D eigenvalue weighted by atomic mass is 10.2. The first-order valence-corrected chi connectivity index (χ1v) is 6.81. The van der Waals surface area contributed by atoms with Gasteiger partial charge in [0.05, 0.1) is 19.4 Å². The summed E-state index contributed by atoms with van der Waals surface area (Å²) in [7, 11) is 1.89. The first kappa shape index (κ1) is 14.9. The van der Waals surface area contributed by atoms with Gasteiger partial charge in [-0.15, -0.1) is 0 Å². The van der Waals surface area contributed by atoms with Crippen molar-refractivity contribution in [2.45, 2.75) is 13.3 Å². The largest absolute Gasteiger partial charge is 0.490 e. The zero-order valence-corrected chi connectivity index (χ0v) is 12.3. The van der Waals surface area contributed by atoms with Gasteiger partial charge in [0.2, 0.25) is 0 Å². The van der Waals surface area contributed by atoms with Crippen molar-refractivity contribution in [3.63, 3.8) is 0 Å². The highest BCUT2D eigenvalue weighted by atomic mass is 16.5. The summed E-state index contributed by atoms with van der Waals surface area (Å²) < 4.78 is 13.1. The lowest BCUT2D eigenvalue weighted by Gasteiger charge is -2.12. The van der Waals surface area contributed by atoms with Gasteiger partial charge in [-0.25, -0.2) is 0 Å². The van der Waals surface area contributed by atoms with Crippen LogP contribution in [0.4, 0.5) is 0 Å².